The zero-order valence-electron chi connectivity index (χ0n) is 9.62. The number of halogens is 2. The van der Waals surface area contributed by atoms with Gasteiger partial charge in [-0.2, -0.15) is 0 Å². The highest BCUT2D eigenvalue weighted by molar-refractivity contribution is 7.13. The molecule has 1 aliphatic rings. The Hall–Kier alpha value is -0.970. The molecule has 0 spiro atoms. The summed E-state index contributed by atoms with van der Waals surface area (Å²) in [4.78, 5) is 4.44. The Labute approximate surface area is 114 Å². The Morgan fingerprint density at radius 1 is 1.44 bits per heavy atom. The van der Waals surface area contributed by atoms with Crippen molar-refractivity contribution in [3.63, 3.8) is 0 Å². The molecule has 0 saturated heterocycles. The molecule has 1 aromatic heterocycles. The van der Waals surface area contributed by atoms with Gasteiger partial charge < -0.3 is 5.32 Å². The number of benzene rings is 1. The van der Waals surface area contributed by atoms with Gasteiger partial charge in [0.15, 0.2) is 0 Å². The SMILES string of the molecule is Fc1ccc(Cl)cc1-c1nc(CNC2CC2)cs1. The van der Waals surface area contributed by atoms with Crippen LogP contribution in [-0.2, 0) is 6.54 Å². The Bertz CT molecular complexity index is 566. The van der Waals surface area contributed by atoms with Crippen molar-refractivity contribution in [3.05, 3.63) is 40.1 Å². The second-order valence-corrected chi connectivity index (χ2v) is 5.72. The number of hydrogen-bond acceptors (Lipinski definition) is 3. The van der Waals surface area contributed by atoms with Gasteiger partial charge in [-0.25, -0.2) is 9.37 Å². The van der Waals surface area contributed by atoms with E-state index >= 15 is 0 Å². The molecule has 2 aromatic rings. The fraction of sp³-hybridized carbons (Fsp3) is 0.308. The topological polar surface area (TPSA) is 24.9 Å². The first-order chi connectivity index (χ1) is 8.72. The van der Waals surface area contributed by atoms with Crippen LogP contribution in [0.3, 0.4) is 0 Å². The summed E-state index contributed by atoms with van der Waals surface area (Å²) < 4.78 is 13.7. The van der Waals surface area contributed by atoms with E-state index in [1.807, 2.05) is 5.38 Å². The summed E-state index contributed by atoms with van der Waals surface area (Å²) in [5, 5.41) is 6.56. The van der Waals surface area contributed by atoms with Crippen LogP contribution < -0.4 is 5.32 Å². The fourth-order valence-corrected chi connectivity index (χ4v) is 2.72. The van der Waals surface area contributed by atoms with Crippen LogP contribution in [0.15, 0.2) is 23.6 Å². The number of nitrogens with one attached hydrogen (secondary N) is 1. The number of thiazole rings is 1. The highest BCUT2D eigenvalue weighted by atomic mass is 35.5. The second kappa shape index (κ2) is 4.96. The molecule has 0 atom stereocenters. The van der Waals surface area contributed by atoms with Crippen molar-refractivity contribution in [1.82, 2.24) is 10.3 Å². The van der Waals surface area contributed by atoms with Gasteiger partial charge in [0.05, 0.1) is 5.69 Å². The van der Waals surface area contributed by atoms with Crippen molar-refractivity contribution < 1.29 is 4.39 Å². The first-order valence-corrected chi connectivity index (χ1v) is 7.11. The van der Waals surface area contributed by atoms with Gasteiger partial charge in [0, 0.05) is 28.6 Å². The van der Waals surface area contributed by atoms with Crippen LogP contribution >= 0.6 is 22.9 Å². The maximum atomic E-state index is 13.7. The summed E-state index contributed by atoms with van der Waals surface area (Å²) in [6, 6.07) is 5.19. The van der Waals surface area contributed by atoms with Crippen molar-refractivity contribution in [3.8, 4) is 10.6 Å². The minimum Gasteiger partial charge on any atom is -0.308 e. The van der Waals surface area contributed by atoms with E-state index in [4.69, 9.17) is 11.6 Å². The summed E-state index contributed by atoms with van der Waals surface area (Å²) in [5.74, 6) is -0.282. The van der Waals surface area contributed by atoms with Crippen molar-refractivity contribution in [2.45, 2.75) is 25.4 Å². The Morgan fingerprint density at radius 3 is 3.06 bits per heavy atom. The van der Waals surface area contributed by atoms with Gasteiger partial charge in [-0.3, -0.25) is 0 Å². The molecule has 18 heavy (non-hydrogen) atoms. The zero-order valence-corrected chi connectivity index (χ0v) is 11.2. The molecule has 0 amide bonds. The van der Waals surface area contributed by atoms with Crippen LogP contribution in [0.5, 0.6) is 0 Å². The first kappa shape index (κ1) is 12.1. The molecule has 2 nitrogen and oxygen atoms in total. The average Bonchev–Trinajstić information content (AvgIpc) is 3.08. The molecule has 5 heteroatoms. The molecule has 1 heterocycles. The number of aromatic nitrogens is 1. The maximum Gasteiger partial charge on any atom is 0.133 e. The van der Waals surface area contributed by atoms with Crippen molar-refractivity contribution in [2.75, 3.05) is 0 Å². The largest absolute Gasteiger partial charge is 0.308 e. The molecule has 0 bridgehead atoms. The van der Waals surface area contributed by atoms with Crippen LogP contribution in [0, 0.1) is 5.82 Å². The van der Waals surface area contributed by atoms with Crippen LogP contribution in [0.2, 0.25) is 5.02 Å². The Morgan fingerprint density at radius 2 is 2.28 bits per heavy atom. The van der Waals surface area contributed by atoms with E-state index in [2.05, 4.69) is 10.3 Å². The van der Waals surface area contributed by atoms with Gasteiger partial charge in [0.2, 0.25) is 0 Å². The molecule has 0 unspecified atom stereocenters. The first-order valence-electron chi connectivity index (χ1n) is 5.85. The van der Waals surface area contributed by atoms with Crippen LogP contribution in [-0.4, -0.2) is 11.0 Å². The van der Waals surface area contributed by atoms with E-state index in [1.165, 1.54) is 30.2 Å². The van der Waals surface area contributed by atoms with Crippen LogP contribution in [0.25, 0.3) is 10.6 Å². The van der Waals surface area contributed by atoms with Gasteiger partial charge in [-0.05, 0) is 31.0 Å². The smallest absolute Gasteiger partial charge is 0.133 e. The third kappa shape index (κ3) is 2.71. The van der Waals surface area contributed by atoms with Gasteiger partial charge >= 0.3 is 0 Å². The lowest BCUT2D eigenvalue weighted by Crippen LogP contribution is -2.15. The maximum absolute atomic E-state index is 13.7. The Kier molecular flexibility index (Phi) is 3.33. The summed E-state index contributed by atoms with van der Waals surface area (Å²) in [6.07, 6.45) is 2.50. The second-order valence-electron chi connectivity index (χ2n) is 4.42. The highest BCUT2D eigenvalue weighted by Gasteiger charge is 2.20. The quantitative estimate of drug-likeness (QED) is 0.921. The summed E-state index contributed by atoms with van der Waals surface area (Å²) >= 11 is 7.33. The van der Waals surface area contributed by atoms with Gasteiger partial charge in [0.25, 0.3) is 0 Å². The molecule has 1 aliphatic carbocycles. The van der Waals surface area contributed by atoms with Gasteiger partial charge in [-0.1, -0.05) is 11.6 Å². The lowest BCUT2D eigenvalue weighted by molar-refractivity contribution is 0.631. The lowest BCUT2D eigenvalue weighted by Gasteiger charge is -2.00. The average molecular weight is 283 g/mol. The third-order valence-electron chi connectivity index (χ3n) is 2.86. The number of nitrogens with zero attached hydrogens (tertiary/aromatic N) is 1. The molecular formula is C13H12ClFN2S. The predicted octanol–water partition coefficient (Wildman–Crippen LogP) is 3.85. The van der Waals surface area contributed by atoms with Crippen molar-refractivity contribution in [2.24, 2.45) is 0 Å². The van der Waals surface area contributed by atoms with E-state index in [0.29, 0.717) is 21.6 Å². The molecule has 1 saturated carbocycles. The van der Waals surface area contributed by atoms with E-state index in [1.54, 1.807) is 12.1 Å². The molecule has 1 N–H and O–H groups in total. The molecule has 94 valence electrons. The third-order valence-corrected chi connectivity index (χ3v) is 4.02. The van der Waals surface area contributed by atoms with E-state index in [9.17, 15) is 4.39 Å². The summed E-state index contributed by atoms with van der Waals surface area (Å²) in [6.45, 7) is 0.753. The Balaban J connectivity index is 1.80. The van der Waals surface area contributed by atoms with Crippen LogP contribution in [0.1, 0.15) is 18.5 Å². The van der Waals surface area contributed by atoms with E-state index in [-0.39, 0.29) is 5.82 Å². The lowest BCUT2D eigenvalue weighted by atomic mass is 10.2. The molecule has 1 fully saturated rings. The molecular weight excluding hydrogens is 271 g/mol. The minimum absolute atomic E-state index is 0.282. The highest BCUT2D eigenvalue weighted by Crippen LogP contribution is 2.29. The van der Waals surface area contributed by atoms with Crippen molar-refractivity contribution >= 4 is 22.9 Å². The number of rotatable bonds is 4. The molecule has 0 radical (unpaired) electrons. The van der Waals surface area contributed by atoms with E-state index in [0.717, 1.165) is 12.2 Å². The van der Waals surface area contributed by atoms with Crippen LogP contribution in [0.4, 0.5) is 4.39 Å². The summed E-state index contributed by atoms with van der Waals surface area (Å²) in [5.41, 5.74) is 1.44. The normalized spacial score (nSPS) is 15.0. The summed E-state index contributed by atoms with van der Waals surface area (Å²) in [7, 11) is 0. The molecule has 1 aromatic carbocycles. The molecule has 0 aliphatic heterocycles. The van der Waals surface area contributed by atoms with E-state index < -0.39 is 0 Å². The predicted molar refractivity (Wildman–Crippen MR) is 72.4 cm³/mol. The standard InChI is InChI=1S/C13H12ClFN2S/c14-8-1-4-12(15)11(5-8)13-17-10(7-18-13)6-16-9-2-3-9/h1,4-5,7,9,16H,2-3,6H2. The van der Waals surface area contributed by atoms with Gasteiger partial charge in [-0.15, -0.1) is 11.3 Å². The minimum atomic E-state index is -0.282. The molecule has 3 rings (SSSR count). The van der Waals surface area contributed by atoms with Crippen molar-refractivity contribution in [1.29, 1.82) is 0 Å². The van der Waals surface area contributed by atoms with Gasteiger partial charge in [0.1, 0.15) is 10.8 Å². The number of hydrogen-bond donors (Lipinski definition) is 1. The fourth-order valence-electron chi connectivity index (χ4n) is 1.71. The monoisotopic (exact) mass is 282 g/mol. The zero-order chi connectivity index (χ0) is 12.5.